The van der Waals surface area contributed by atoms with Gasteiger partial charge in [0.05, 0.1) is 6.61 Å². The third kappa shape index (κ3) is 3.24. The molecule has 1 N–H and O–H groups in total. The summed E-state index contributed by atoms with van der Waals surface area (Å²) >= 11 is 9.78. The van der Waals surface area contributed by atoms with Gasteiger partial charge in [0, 0.05) is 12.1 Å². The van der Waals surface area contributed by atoms with Crippen LogP contribution in [0.3, 0.4) is 0 Å². The fraction of sp³-hybridized carbons (Fsp3) is 0.455. The number of aliphatic hydroxyl groups is 1. The minimum Gasteiger partial charge on any atom is -0.392 e. The molecule has 1 aliphatic heterocycles. The fourth-order valence-corrected chi connectivity index (χ4v) is 2.56. The quantitative estimate of drug-likeness (QED) is 0.505. The first-order valence-corrected chi connectivity index (χ1v) is 6.05. The average Bonchev–Trinajstić information content (AvgIpc) is 2.66. The van der Waals surface area contributed by atoms with Crippen LogP contribution in [0.5, 0.6) is 0 Å². The highest BCUT2D eigenvalue weighted by molar-refractivity contribution is 6.24. The smallest absolute Gasteiger partial charge is 0.392 e. The molecule has 1 aliphatic rings. The molecule has 1 unspecified atom stereocenters. The third-order valence-corrected chi connectivity index (χ3v) is 3.40. The Morgan fingerprint density at radius 1 is 1.25 bits per heavy atom. The summed E-state index contributed by atoms with van der Waals surface area (Å²) in [5.41, 5.74) is -3.40. The molecule has 0 aliphatic carbocycles. The van der Waals surface area contributed by atoms with Crippen molar-refractivity contribution in [1.29, 1.82) is 0 Å². The van der Waals surface area contributed by atoms with Gasteiger partial charge in [0.2, 0.25) is 0 Å². The van der Waals surface area contributed by atoms with E-state index in [1.807, 2.05) is 0 Å². The van der Waals surface area contributed by atoms with E-state index < -0.39 is 16.9 Å². The first-order chi connectivity index (χ1) is 8.64. The minimum atomic E-state index is -3.98. The Labute approximate surface area is 128 Å². The van der Waals surface area contributed by atoms with Crippen LogP contribution >= 0.6 is 35.6 Å². The van der Waals surface area contributed by atoms with Gasteiger partial charge in [0.25, 0.3) is 0 Å². The number of hydrogen-bond donors (Lipinski definition) is 1. The lowest BCUT2D eigenvalue weighted by atomic mass is 10.1. The second-order valence-electron chi connectivity index (χ2n) is 4.22. The SMILES string of the molecule is Cl.OCc1ccc2c(c1)CC(C(F)(F)Cl)N2C(F)(F)Cl. The molecule has 20 heavy (non-hydrogen) atoms. The molecule has 0 amide bonds. The van der Waals surface area contributed by atoms with Crippen molar-refractivity contribution >= 4 is 41.3 Å². The van der Waals surface area contributed by atoms with Crippen molar-refractivity contribution < 1.29 is 22.7 Å². The van der Waals surface area contributed by atoms with Crippen LogP contribution in [-0.4, -0.2) is 22.0 Å². The second kappa shape index (κ2) is 5.75. The molecule has 0 fully saturated rings. The summed E-state index contributed by atoms with van der Waals surface area (Å²) in [5, 5.41) is 5.11. The molecular weight excluding hydrogens is 344 g/mol. The Bertz CT molecular complexity index is 490. The highest BCUT2D eigenvalue weighted by Gasteiger charge is 2.54. The van der Waals surface area contributed by atoms with E-state index in [9.17, 15) is 17.6 Å². The molecule has 2 nitrogen and oxygen atoms in total. The van der Waals surface area contributed by atoms with Crippen LogP contribution in [0, 0.1) is 0 Å². The molecule has 0 radical (unpaired) electrons. The Kier molecular flexibility index (Phi) is 5.07. The van der Waals surface area contributed by atoms with Gasteiger partial charge < -0.3 is 5.11 Å². The molecule has 1 aromatic carbocycles. The van der Waals surface area contributed by atoms with Crippen molar-refractivity contribution in [2.75, 3.05) is 4.90 Å². The van der Waals surface area contributed by atoms with Gasteiger partial charge in [-0.15, -0.1) is 12.4 Å². The zero-order valence-corrected chi connectivity index (χ0v) is 12.1. The van der Waals surface area contributed by atoms with Gasteiger partial charge in [-0.3, -0.25) is 4.90 Å². The number of benzene rings is 1. The van der Waals surface area contributed by atoms with Crippen LogP contribution in [-0.2, 0) is 13.0 Å². The molecule has 1 aromatic rings. The average molecular weight is 355 g/mol. The molecule has 0 bridgehead atoms. The number of anilines is 1. The maximum absolute atomic E-state index is 13.3. The van der Waals surface area contributed by atoms with Crippen LogP contribution in [0.15, 0.2) is 18.2 Å². The summed E-state index contributed by atoms with van der Waals surface area (Å²) in [7, 11) is 0. The van der Waals surface area contributed by atoms with E-state index in [0.29, 0.717) is 5.56 Å². The molecule has 1 heterocycles. The molecule has 114 valence electrons. The minimum absolute atomic E-state index is 0. The van der Waals surface area contributed by atoms with Gasteiger partial charge in [-0.05, 0) is 40.4 Å². The van der Waals surface area contributed by atoms with E-state index in [-0.39, 0.29) is 41.6 Å². The van der Waals surface area contributed by atoms with Crippen molar-refractivity contribution in [1.82, 2.24) is 0 Å². The van der Waals surface area contributed by atoms with E-state index in [1.54, 1.807) is 0 Å². The summed E-state index contributed by atoms with van der Waals surface area (Å²) < 4.78 is 53.1. The predicted molar refractivity (Wildman–Crippen MR) is 71.2 cm³/mol. The topological polar surface area (TPSA) is 23.5 Å². The molecular formula is C11H10Cl3F4NO. The molecule has 2 rings (SSSR count). The highest BCUT2D eigenvalue weighted by atomic mass is 35.5. The van der Waals surface area contributed by atoms with Gasteiger partial charge in [-0.1, -0.05) is 12.1 Å². The summed E-state index contributed by atoms with van der Waals surface area (Å²) in [6.45, 7) is -0.313. The van der Waals surface area contributed by atoms with Crippen LogP contribution in [0.1, 0.15) is 11.1 Å². The number of nitrogens with zero attached hydrogens (tertiary/aromatic N) is 1. The van der Waals surface area contributed by atoms with Crippen molar-refractivity contribution in [3.8, 4) is 0 Å². The van der Waals surface area contributed by atoms with Gasteiger partial charge in [0.15, 0.2) is 0 Å². The van der Waals surface area contributed by atoms with Crippen molar-refractivity contribution in [2.45, 2.75) is 30.0 Å². The Morgan fingerprint density at radius 2 is 1.85 bits per heavy atom. The standard InChI is InChI=1S/C11H9Cl2F4NO.ClH/c12-10(14,15)9-4-7-3-6(5-19)1-2-8(7)18(9)11(13,16)17;/h1-3,9,19H,4-5H2;1H. The lowest BCUT2D eigenvalue weighted by molar-refractivity contribution is 0.0178. The zero-order chi connectivity index (χ0) is 14.4. The van der Waals surface area contributed by atoms with E-state index in [1.165, 1.54) is 18.2 Å². The third-order valence-electron chi connectivity index (χ3n) is 2.96. The van der Waals surface area contributed by atoms with Crippen LogP contribution in [0.25, 0.3) is 0 Å². The largest absolute Gasteiger partial charge is 0.407 e. The van der Waals surface area contributed by atoms with Gasteiger partial charge in [-0.25, -0.2) is 0 Å². The van der Waals surface area contributed by atoms with Gasteiger partial charge in [0.1, 0.15) is 6.04 Å². The lowest BCUT2D eigenvalue weighted by Gasteiger charge is -2.32. The van der Waals surface area contributed by atoms with Crippen molar-refractivity contribution in [3.05, 3.63) is 29.3 Å². The fourth-order valence-electron chi connectivity index (χ4n) is 2.18. The second-order valence-corrected chi connectivity index (χ2v) is 5.18. The number of halogens is 7. The highest BCUT2D eigenvalue weighted by Crippen LogP contribution is 2.46. The zero-order valence-electron chi connectivity index (χ0n) is 9.79. The molecule has 0 saturated carbocycles. The van der Waals surface area contributed by atoms with E-state index in [0.717, 1.165) is 0 Å². The lowest BCUT2D eigenvalue weighted by Crippen LogP contribution is -2.50. The maximum atomic E-state index is 13.3. The van der Waals surface area contributed by atoms with Crippen LogP contribution < -0.4 is 4.90 Å². The summed E-state index contributed by atoms with van der Waals surface area (Å²) in [4.78, 5) is 0.109. The first-order valence-electron chi connectivity index (χ1n) is 5.30. The van der Waals surface area contributed by atoms with Crippen LogP contribution in [0.2, 0.25) is 0 Å². The first kappa shape index (κ1) is 17.6. The number of rotatable bonds is 3. The van der Waals surface area contributed by atoms with Gasteiger partial charge >= 0.3 is 10.9 Å². The molecule has 0 aromatic heterocycles. The van der Waals surface area contributed by atoms with E-state index >= 15 is 0 Å². The van der Waals surface area contributed by atoms with E-state index in [4.69, 9.17) is 28.3 Å². The normalized spacial score (nSPS) is 18.8. The Hall–Kier alpha value is -0.430. The number of fused-ring (bicyclic) bond motifs is 1. The van der Waals surface area contributed by atoms with E-state index in [2.05, 4.69) is 0 Å². The number of aliphatic hydroxyl groups excluding tert-OH is 1. The Balaban J connectivity index is 0.00000200. The van der Waals surface area contributed by atoms with Crippen LogP contribution in [0.4, 0.5) is 23.2 Å². The monoisotopic (exact) mass is 353 g/mol. The summed E-state index contributed by atoms with van der Waals surface area (Å²) in [6, 6.07) is 2.03. The summed E-state index contributed by atoms with van der Waals surface area (Å²) in [5.74, 6) is 0. The summed E-state index contributed by atoms with van der Waals surface area (Å²) in [6.07, 6.45) is -0.373. The number of hydrogen-bond acceptors (Lipinski definition) is 2. The maximum Gasteiger partial charge on any atom is 0.407 e. The molecule has 0 spiro atoms. The molecule has 9 heteroatoms. The van der Waals surface area contributed by atoms with Crippen molar-refractivity contribution in [2.24, 2.45) is 0 Å². The molecule has 1 atom stereocenters. The number of alkyl halides is 6. The van der Waals surface area contributed by atoms with Gasteiger partial charge in [-0.2, -0.15) is 17.6 Å². The molecule has 0 saturated heterocycles. The predicted octanol–water partition coefficient (Wildman–Crippen LogP) is 3.95. The van der Waals surface area contributed by atoms with Crippen molar-refractivity contribution in [3.63, 3.8) is 0 Å². The Morgan fingerprint density at radius 3 is 2.30 bits per heavy atom.